The van der Waals surface area contributed by atoms with E-state index in [9.17, 15) is 9.46 Å². The highest BCUT2D eigenvalue weighted by Crippen LogP contribution is 2.54. The zero-order valence-electron chi connectivity index (χ0n) is 9.55. The molecule has 0 amide bonds. The van der Waals surface area contributed by atoms with E-state index in [0.29, 0.717) is 5.31 Å². The highest BCUT2D eigenvalue weighted by Gasteiger charge is 2.24. The zero-order chi connectivity index (χ0) is 12.0. The molecule has 2 nitrogen and oxygen atoms in total. The first kappa shape index (κ1) is 10.8. The summed E-state index contributed by atoms with van der Waals surface area (Å²) in [6.45, 7) is 1.41. The highest BCUT2D eigenvalue weighted by atomic mass is 31.2. The number of hydrogen-bond acceptors (Lipinski definition) is 1. The Morgan fingerprint density at radius 2 is 1.88 bits per heavy atom. The second-order valence-corrected chi connectivity index (χ2v) is 6.73. The van der Waals surface area contributed by atoms with Crippen LogP contribution in [-0.4, -0.2) is 11.6 Å². The summed E-state index contributed by atoms with van der Waals surface area (Å²) in [5, 5.41) is 2.87. The maximum absolute atomic E-state index is 11.9. The van der Waals surface area contributed by atoms with E-state index in [1.807, 2.05) is 36.4 Å². The minimum atomic E-state index is -3.20. The van der Waals surface area contributed by atoms with Crippen LogP contribution in [0.15, 0.2) is 42.5 Å². The fourth-order valence-electron chi connectivity index (χ4n) is 2.51. The molecule has 0 saturated carbocycles. The summed E-state index contributed by atoms with van der Waals surface area (Å²) in [5.74, 6) is 0. The summed E-state index contributed by atoms with van der Waals surface area (Å²) in [6, 6.07) is 12.1. The number of rotatable bonds is 1. The molecule has 0 bridgehead atoms. The molecule has 0 aromatic heterocycles. The average molecular weight is 244 g/mol. The lowest BCUT2D eigenvalue weighted by atomic mass is 9.93. The van der Waals surface area contributed by atoms with Gasteiger partial charge in [0.25, 0.3) is 0 Å². The molecule has 3 heteroatoms. The molecule has 0 heterocycles. The first-order chi connectivity index (χ1) is 8.07. The Morgan fingerprint density at radius 3 is 2.59 bits per heavy atom. The van der Waals surface area contributed by atoms with Crippen LogP contribution in [0.3, 0.4) is 0 Å². The fourth-order valence-corrected chi connectivity index (χ4v) is 3.58. The number of hydrogen-bond donors (Lipinski definition) is 1. The summed E-state index contributed by atoms with van der Waals surface area (Å²) < 4.78 is 11.9. The van der Waals surface area contributed by atoms with Crippen molar-refractivity contribution in [3.05, 3.63) is 53.6 Å². The van der Waals surface area contributed by atoms with Crippen molar-refractivity contribution in [1.29, 1.82) is 0 Å². The molecule has 17 heavy (non-hydrogen) atoms. The molecule has 1 aliphatic rings. The van der Waals surface area contributed by atoms with Gasteiger partial charge in [0, 0.05) is 12.0 Å². The van der Waals surface area contributed by atoms with Gasteiger partial charge in [0.15, 0.2) is 0 Å². The SMILES string of the molecule is CP(=O)(O)C1=CCc2cccc3cccc1c23. The Labute approximate surface area is 100 Å². The zero-order valence-corrected chi connectivity index (χ0v) is 10.4. The van der Waals surface area contributed by atoms with Crippen LogP contribution in [0.2, 0.25) is 0 Å². The van der Waals surface area contributed by atoms with Crippen LogP contribution in [0.4, 0.5) is 0 Å². The van der Waals surface area contributed by atoms with Gasteiger partial charge in [-0.2, -0.15) is 0 Å². The predicted octanol–water partition coefficient (Wildman–Crippen LogP) is 3.64. The largest absolute Gasteiger partial charge is 0.341 e. The molecule has 0 saturated heterocycles. The number of benzene rings is 2. The van der Waals surface area contributed by atoms with Gasteiger partial charge >= 0.3 is 0 Å². The first-order valence-electron chi connectivity index (χ1n) is 5.59. The Hall–Kier alpha value is -1.37. The summed E-state index contributed by atoms with van der Waals surface area (Å²) in [7, 11) is -3.20. The molecule has 1 atom stereocenters. The van der Waals surface area contributed by atoms with E-state index in [2.05, 4.69) is 6.07 Å². The van der Waals surface area contributed by atoms with Crippen LogP contribution in [-0.2, 0) is 11.0 Å². The molecule has 0 aliphatic heterocycles. The van der Waals surface area contributed by atoms with Gasteiger partial charge in [-0.3, -0.25) is 4.57 Å². The van der Waals surface area contributed by atoms with E-state index in [4.69, 9.17) is 0 Å². The van der Waals surface area contributed by atoms with Gasteiger partial charge in [-0.1, -0.05) is 42.5 Å². The Kier molecular flexibility index (Phi) is 2.25. The van der Waals surface area contributed by atoms with Crippen LogP contribution >= 0.6 is 7.37 Å². The van der Waals surface area contributed by atoms with Crippen molar-refractivity contribution >= 4 is 23.5 Å². The predicted molar refractivity (Wildman–Crippen MR) is 71.4 cm³/mol. The molecule has 0 fully saturated rings. The maximum atomic E-state index is 11.9. The van der Waals surface area contributed by atoms with Crippen molar-refractivity contribution in [2.75, 3.05) is 6.66 Å². The van der Waals surface area contributed by atoms with Crippen LogP contribution in [0.5, 0.6) is 0 Å². The molecular formula is C14H13O2P. The number of allylic oxidation sites excluding steroid dienone is 1. The van der Waals surface area contributed by atoms with E-state index in [1.54, 1.807) is 0 Å². The van der Waals surface area contributed by atoms with Crippen LogP contribution in [0, 0.1) is 0 Å². The molecule has 3 rings (SSSR count). The van der Waals surface area contributed by atoms with Crippen LogP contribution in [0.25, 0.3) is 16.1 Å². The van der Waals surface area contributed by atoms with Crippen LogP contribution in [0.1, 0.15) is 11.1 Å². The monoisotopic (exact) mass is 244 g/mol. The third kappa shape index (κ3) is 1.65. The van der Waals surface area contributed by atoms with Crippen molar-refractivity contribution < 1.29 is 9.46 Å². The van der Waals surface area contributed by atoms with Gasteiger partial charge in [0.05, 0.1) is 0 Å². The second-order valence-electron chi connectivity index (χ2n) is 4.49. The lowest BCUT2D eigenvalue weighted by Gasteiger charge is -2.20. The Bertz CT molecular complexity index is 674. The lowest BCUT2D eigenvalue weighted by Crippen LogP contribution is -1.98. The third-order valence-corrected chi connectivity index (χ3v) is 4.55. The lowest BCUT2D eigenvalue weighted by molar-refractivity contribution is 0.497. The topological polar surface area (TPSA) is 37.3 Å². The molecule has 0 spiro atoms. The second kappa shape index (κ2) is 3.56. The maximum Gasteiger partial charge on any atom is 0.226 e. The van der Waals surface area contributed by atoms with E-state index in [-0.39, 0.29) is 0 Å². The van der Waals surface area contributed by atoms with E-state index in [1.165, 1.54) is 12.2 Å². The van der Waals surface area contributed by atoms with Gasteiger partial charge in [0.1, 0.15) is 0 Å². The van der Waals surface area contributed by atoms with Crippen molar-refractivity contribution in [3.63, 3.8) is 0 Å². The smallest absolute Gasteiger partial charge is 0.226 e. The summed E-state index contributed by atoms with van der Waals surface area (Å²) in [6.07, 6.45) is 2.62. The molecule has 86 valence electrons. The summed E-state index contributed by atoms with van der Waals surface area (Å²) in [4.78, 5) is 9.81. The molecule has 0 radical (unpaired) electrons. The molecule has 2 aromatic rings. The Morgan fingerprint density at radius 1 is 1.18 bits per heavy atom. The van der Waals surface area contributed by atoms with Crippen molar-refractivity contribution in [1.82, 2.24) is 0 Å². The van der Waals surface area contributed by atoms with E-state index >= 15 is 0 Å². The molecule has 1 N–H and O–H groups in total. The standard InChI is InChI=1S/C14H13O2P/c1-17(15,16)13-9-8-11-5-2-4-10-6-3-7-12(13)14(10)11/h2-7,9H,8H2,1H3,(H,15,16). The molecule has 1 aliphatic carbocycles. The van der Waals surface area contributed by atoms with Gasteiger partial charge < -0.3 is 4.89 Å². The quantitative estimate of drug-likeness (QED) is 0.777. The van der Waals surface area contributed by atoms with Gasteiger partial charge in [-0.05, 0) is 28.3 Å². The van der Waals surface area contributed by atoms with Crippen molar-refractivity contribution in [2.24, 2.45) is 0 Å². The van der Waals surface area contributed by atoms with Crippen LogP contribution < -0.4 is 0 Å². The van der Waals surface area contributed by atoms with E-state index < -0.39 is 7.37 Å². The minimum absolute atomic E-state index is 0.599. The highest BCUT2D eigenvalue weighted by molar-refractivity contribution is 7.68. The first-order valence-corrected chi connectivity index (χ1v) is 7.70. The summed E-state index contributed by atoms with van der Waals surface area (Å²) >= 11 is 0. The van der Waals surface area contributed by atoms with E-state index in [0.717, 1.165) is 22.8 Å². The van der Waals surface area contributed by atoms with Gasteiger partial charge in [-0.25, -0.2) is 0 Å². The average Bonchev–Trinajstić information content (AvgIpc) is 2.28. The Balaban J connectivity index is 2.40. The normalized spacial score (nSPS) is 17.6. The van der Waals surface area contributed by atoms with Gasteiger partial charge in [-0.15, -0.1) is 0 Å². The minimum Gasteiger partial charge on any atom is -0.341 e. The molecular weight excluding hydrogens is 231 g/mol. The molecule has 1 unspecified atom stereocenters. The van der Waals surface area contributed by atoms with Crippen molar-refractivity contribution in [2.45, 2.75) is 6.42 Å². The fraction of sp³-hybridized carbons (Fsp3) is 0.143. The third-order valence-electron chi connectivity index (χ3n) is 3.23. The van der Waals surface area contributed by atoms with Crippen molar-refractivity contribution in [3.8, 4) is 0 Å². The summed E-state index contributed by atoms with van der Waals surface area (Å²) in [5.41, 5.74) is 2.15. The van der Waals surface area contributed by atoms with Gasteiger partial charge in [0.2, 0.25) is 7.37 Å². The molecule has 2 aromatic carbocycles.